The van der Waals surface area contributed by atoms with Crippen LogP contribution in [0.2, 0.25) is 0 Å². The van der Waals surface area contributed by atoms with E-state index >= 15 is 0 Å². The number of urea groups is 1. The van der Waals surface area contributed by atoms with Crippen LogP contribution in [0.5, 0.6) is 0 Å². The van der Waals surface area contributed by atoms with Gasteiger partial charge >= 0.3 is 6.03 Å². The number of imide groups is 1. The van der Waals surface area contributed by atoms with Crippen molar-refractivity contribution in [3.05, 3.63) is 0 Å². The van der Waals surface area contributed by atoms with E-state index in [1.165, 1.54) is 6.92 Å². The summed E-state index contributed by atoms with van der Waals surface area (Å²) in [7, 11) is 0. The van der Waals surface area contributed by atoms with Crippen molar-refractivity contribution < 1.29 is 9.59 Å². The zero-order valence-corrected chi connectivity index (χ0v) is 11.1. The molecule has 0 aromatic heterocycles. The highest BCUT2D eigenvalue weighted by molar-refractivity contribution is 6.31. The van der Waals surface area contributed by atoms with Gasteiger partial charge in [0, 0.05) is 12.6 Å². The van der Waals surface area contributed by atoms with Crippen LogP contribution in [0.3, 0.4) is 0 Å². The smallest absolute Gasteiger partial charge is 0.321 e. The molecule has 2 N–H and O–H groups in total. The summed E-state index contributed by atoms with van der Waals surface area (Å²) in [5.41, 5.74) is 0. The Labute approximate surface area is 107 Å². The van der Waals surface area contributed by atoms with Crippen LogP contribution >= 0.6 is 11.6 Å². The van der Waals surface area contributed by atoms with Crippen molar-refractivity contribution in [2.75, 3.05) is 19.6 Å². The molecule has 0 spiro atoms. The van der Waals surface area contributed by atoms with E-state index < -0.39 is 17.3 Å². The predicted molar refractivity (Wildman–Crippen MR) is 67.1 cm³/mol. The summed E-state index contributed by atoms with van der Waals surface area (Å²) in [6, 6.07) is -0.340. The van der Waals surface area contributed by atoms with Gasteiger partial charge < -0.3 is 10.2 Å². The number of likely N-dealkylation sites (tertiary alicyclic amines) is 1. The first kappa shape index (κ1) is 14.3. The summed E-state index contributed by atoms with van der Waals surface area (Å²) >= 11 is 5.56. The minimum Gasteiger partial charge on any atom is -0.334 e. The molecule has 2 unspecified atom stereocenters. The molecule has 1 saturated heterocycles. The Hall–Kier alpha value is -0.810. The van der Waals surface area contributed by atoms with Crippen LogP contribution in [0, 0.1) is 0 Å². The maximum absolute atomic E-state index is 11.5. The Kier molecular flexibility index (Phi) is 5.71. The maximum atomic E-state index is 11.5. The van der Waals surface area contributed by atoms with E-state index in [-0.39, 0.29) is 6.04 Å². The van der Waals surface area contributed by atoms with Crippen molar-refractivity contribution in [3.63, 3.8) is 0 Å². The molecular formula is C11H20ClN3O2. The molecule has 0 saturated carbocycles. The first-order valence-electron chi connectivity index (χ1n) is 6.00. The average molecular weight is 262 g/mol. The molecule has 0 bridgehead atoms. The largest absolute Gasteiger partial charge is 0.334 e. The Morgan fingerprint density at radius 2 is 2.24 bits per heavy atom. The van der Waals surface area contributed by atoms with E-state index in [1.807, 2.05) is 0 Å². The van der Waals surface area contributed by atoms with Gasteiger partial charge in [0.15, 0.2) is 0 Å². The molecular weight excluding hydrogens is 242 g/mol. The normalized spacial score (nSPS) is 22.9. The summed E-state index contributed by atoms with van der Waals surface area (Å²) in [4.78, 5) is 25.0. The van der Waals surface area contributed by atoms with Gasteiger partial charge in [-0.05, 0) is 32.9 Å². The standard InChI is InChI=1S/C11H20ClN3O2/c1-3-15-6-4-5-9(7-15)13-11(17)14-10(16)8(2)12/h8-9H,3-7H2,1-2H3,(H2,13,14,16,17). The fourth-order valence-corrected chi connectivity index (χ4v) is 1.95. The zero-order valence-electron chi connectivity index (χ0n) is 10.3. The minimum absolute atomic E-state index is 0.113. The van der Waals surface area contributed by atoms with Gasteiger partial charge in [-0.15, -0.1) is 11.6 Å². The highest BCUT2D eigenvalue weighted by atomic mass is 35.5. The molecule has 1 aliphatic rings. The molecule has 6 heteroatoms. The Morgan fingerprint density at radius 3 is 2.82 bits per heavy atom. The third kappa shape index (κ3) is 4.91. The lowest BCUT2D eigenvalue weighted by Gasteiger charge is -2.32. The Bertz CT molecular complexity index is 284. The van der Waals surface area contributed by atoms with Crippen molar-refractivity contribution >= 4 is 23.5 Å². The molecule has 5 nitrogen and oxygen atoms in total. The predicted octanol–water partition coefficient (Wildman–Crippen LogP) is 0.924. The minimum atomic E-state index is -0.695. The van der Waals surface area contributed by atoms with E-state index in [9.17, 15) is 9.59 Å². The number of piperidine rings is 1. The third-order valence-corrected chi connectivity index (χ3v) is 3.08. The first-order chi connectivity index (χ1) is 8.02. The summed E-state index contributed by atoms with van der Waals surface area (Å²) in [6.45, 7) is 6.53. The van der Waals surface area contributed by atoms with Crippen molar-refractivity contribution in [1.29, 1.82) is 0 Å². The fourth-order valence-electron chi connectivity index (χ4n) is 1.89. The number of amides is 3. The second-order valence-corrected chi connectivity index (χ2v) is 4.97. The molecule has 2 atom stereocenters. The van der Waals surface area contributed by atoms with E-state index in [4.69, 9.17) is 11.6 Å². The summed E-state index contributed by atoms with van der Waals surface area (Å²) in [5.74, 6) is -0.465. The summed E-state index contributed by atoms with van der Waals surface area (Å²) < 4.78 is 0. The molecule has 0 aromatic carbocycles. The average Bonchev–Trinajstić information content (AvgIpc) is 2.28. The van der Waals surface area contributed by atoms with Crippen LogP contribution < -0.4 is 10.6 Å². The Morgan fingerprint density at radius 1 is 1.53 bits per heavy atom. The number of carbonyl (C=O) groups is 2. The number of carbonyl (C=O) groups excluding carboxylic acids is 2. The van der Waals surface area contributed by atoms with E-state index in [2.05, 4.69) is 22.5 Å². The van der Waals surface area contributed by atoms with Gasteiger partial charge in [-0.2, -0.15) is 0 Å². The Balaban J connectivity index is 2.33. The lowest BCUT2D eigenvalue weighted by Crippen LogP contribution is -2.52. The number of nitrogens with zero attached hydrogens (tertiary/aromatic N) is 1. The number of hydrogen-bond donors (Lipinski definition) is 2. The topological polar surface area (TPSA) is 61.4 Å². The zero-order chi connectivity index (χ0) is 12.8. The van der Waals surface area contributed by atoms with E-state index in [1.54, 1.807) is 0 Å². The van der Waals surface area contributed by atoms with Crippen LogP contribution in [0.15, 0.2) is 0 Å². The van der Waals surface area contributed by atoms with Crippen LogP contribution in [0.25, 0.3) is 0 Å². The van der Waals surface area contributed by atoms with Crippen molar-refractivity contribution in [2.24, 2.45) is 0 Å². The molecule has 0 aromatic rings. The number of halogens is 1. The van der Waals surface area contributed by atoms with Crippen molar-refractivity contribution in [1.82, 2.24) is 15.5 Å². The van der Waals surface area contributed by atoms with Gasteiger partial charge in [0.1, 0.15) is 5.38 Å². The van der Waals surface area contributed by atoms with Crippen molar-refractivity contribution in [3.8, 4) is 0 Å². The molecule has 3 amide bonds. The summed E-state index contributed by atoms with van der Waals surface area (Å²) in [5, 5.41) is 4.32. The molecule has 17 heavy (non-hydrogen) atoms. The van der Waals surface area contributed by atoms with Crippen LogP contribution in [-0.2, 0) is 4.79 Å². The van der Waals surface area contributed by atoms with Gasteiger partial charge in [0.2, 0.25) is 5.91 Å². The quantitative estimate of drug-likeness (QED) is 0.743. The number of alkyl halides is 1. The molecule has 1 aliphatic heterocycles. The lowest BCUT2D eigenvalue weighted by atomic mass is 10.1. The van der Waals surface area contributed by atoms with Gasteiger partial charge in [-0.1, -0.05) is 6.92 Å². The second kappa shape index (κ2) is 6.81. The molecule has 0 radical (unpaired) electrons. The molecule has 1 heterocycles. The van der Waals surface area contributed by atoms with Crippen LogP contribution in [0.4, 0.5) is 4.79 Å². The van der Waals surface area contributed by atoms with Gasteiger partial charge in [0.05, 0.1) is 0 Å². The van der Waals surface area contributed by atoms with Crippen LogP contribution in [-0.4, -0.2) is 47.9 Å². The number of hydrogen-bond acceptors (Lipinski definition) is 3. The van der Waals surface area contributed by atoms with E-state index in [0.717, 1.165) is 32.5 Å². The SMILES string of the molecule is CCN1CCCC(NC(=O)NC(=O)C(C)Cl)C1. The maximum Gasteiger partial charge on any atom is 0.321 e. The lowest BCUT2D eigenvalue weighted by molar-refractivity contribution is -0.119. The second-order valence-electron chi connectivity index (χ2n) is 4.31. The van der Waals surface area contributed by atoms with Crippen molar-refractivity contribution in [2.45, 2.75) is 38.1 Å². The number of likely N-dealkylation sites (N-methyl/N-ethyl adjacent to an activating group) is 1. The summed E-state index contributed by atoms with van der Waals surface area (Å²) in [6.07, 6.45) is 2.02. The highest BCUT2D eigenvalue weighted by Gasteiger charge is 2.21. The third-order valence-electron chi connectivity index (χ3n) is 2.89. The number of nitrogens with one attached hydrogen (secondary N) is 2. The monoisotopic (exact) mass is 261 g/mol. The van der Waals surface area contributed by atoms with Gasteiger partial charge in [-0.3, -0.25) is 10.1 Å². The highest BCUT2D eigenvalue weighted by Crippen LogP contribution is 2.09. The molecule has 98 valence electrons. The molecule has 1 rings (SSSR count). The molecule has 1 fully saturated rings. The van der Waals surface area contributed by atoms with E-state index in [0.29, 0.717) is 0 Å². The van der Waals surface area contributed by atoms with Crippen LogP contribution in [0.1, 0.15) is 26.7 Å². The number of rotatable bonds is 3. The fraction of sp³-hybridized carbons (Fsp3) is 0.818. The van der Waals surface area contributed by atoms with Gasteiger partial charge in [-0.25, -0.2) is 4.79 Å². The van der Waals surface area contributed by atoms with Gasteiger partial charge in [0.25, 0.3) is 0 Å². The first-order valence-corrected chi connectivity index (χ1v) is 6.44. The molecule has 0 aliphatic carbocycles.